The molecule has 144 valence electrons. The van der Waals surface area contributed by atoms with E-state index >= 15 is 0 Å². The number of aromatic nitrogens is 2. The third-order valence-corrected chi connectivity index (χ3v) is 5.28. The van der Waals surface area contributed by atoms with Crippen LogP contribution in [-0.4, -0.2) is 44.9 Å². The van der Waals surface area contributed by atoms with E-state index in [1.54, 1.807) is 21.8 Å². The van der Waals surface area contributed by atoms with Crippen LogP contribution in [0.5, 0.6) is 0 Å². The summed E-state index contributed by atoms with van der Waals surface area (Å²) in [5.41, 5.74) is 1.12. The number of carboxylic acid groups (broad SMARTS) is 1. The number of likely N-dealkylation sites (tertiary alicyclic amines) is 1. The lowest BCUT2D eigenvalue weighted by atomic mass is 9.97. The summed E-state index contributed by atoms with van der Waals surface area (Å²) in [5.74, 6) is -0.521. The maximum Gasteiger partial charge on any atom is 0.322 e. The van der Waals surface area contributed by atoms with E-state index in [-0.39, 0.29) is 11.9 Å². The van der Waals surface area contributed by atoms with E-state index in [0.717, 1.165) is 10.9 Å². The quantitative estimate of drug-likeness (QED) is 0.728. The largest absolute Gasteiger partial charge is 0.481 e. The van der Waals surface area contributed by atoms with Crippen LogP contribution in [0.3, 0.4) is 0 Å². The highest BCUT2D eigenvalue weighted by molar-refractivity contribution is 5.89. The lowest BCUT2D eigenvalue weighted by molar-refractivity contribution is -0.143. The molecule has 2 heterocycles. The van der Waals surface area contributed by atoms with Crippen LogP contribution in [0.4, 0.5) is 10.6 Å². The van der Waals surface area contributed by atoms with E-state index in [4.69, 9.17) is 5.11 Å². The number of carbonyl (C=O) groups is 2. The third kappa shape index (κ3) is 3.69. The van der Waals surface area contributed by atoms with Crippen LogP contribution < -0.4 is 5.32 Å². The van der Waals surface area contributed by atoms with E-state index in [1.165, 1.54) is 5.39 Å². The van der Waals surface area contributed by atoms with Gasteiger partial charge in [-0.1, -0.05) is 42.5 Å². The molecule has 1 aliphatic heterocycles. The standard InChI is InChI=1S/C21H22N4O3/c26-20(27)16-9-12-24(13-10-16)21(28)23-19-8-11-22-25(19)14-17-6-3-5-15-4-1-2-7-18(15)17/h1-8,11,16H,9-10,12-14H2,(H,23,28)(H,26,27). The maximum atomic E-state index is 12.6. The summed E-state index contributed by atoms with van der Waals surface area (Å²) in [4.78, 5) is 25.3. The van der Waals surface area contributed by atoms with Crippen LogP contribution in [0.25, 0.3) is 10.8 Å². The van der Waals surface area contributed by atoms with Gasteiger partial charge < -0.3 is 10.0 Å². The Morgan fingerprint density at radius 3 is 2.61 bits per heavy atom. The first kappa shape index (κ1) is 18.0. The SMILES string of the molecule is O=C(O)C1CCN(C(=O)Nc2ccnn2Cc2cccc3ccccc23)CC1. The first-order valence-electron chi connectivity index (χ1n) is 9.39. The molecule has 1 aromatic heterocycles. The van der Waals surface area contributed by atoms with Crippen molar-refractivity contribution in [2.45, 2.75) is 19.4 Å². The zero-order chi connectivity index (χ0) is 19.5. The molecule has 3 aromatic rings. The molecule has 0 atom stereocenters. The van der Waals surface area contributed by atoms with Gasteiger partial charge in [-0.25, -0.2) is 9.48 Å². The molecule has 2 N–H and O–H groups in total. The number of piperidine rings is 1. The number of aliphatic carboxylic acids is 1. The van der Waals surface area contributed by atoms with Gasteiger partial charge in [-0.05, 0) is 29.2 Å². The van der Waals surface area contributed by atoms with E-state index in [9.17, 15) is 9.59 Å². The van der Waals surface area contributed by atoms with Crippen LogP contribution in [0.1, 0.15) is 18.4 Å². The van der Waals surface area contributed by atoms with Gasteiger partial charge >= 0.3 is 12.0 Å². The number of benzene rings is 2. The highest BCUT2D eigenvalue weighted by Crippen LogP contribution is 2.22. The van der Waals surface area contributed by atoms with Gasteiger partial charge in [-0.15, -0.1) is 0 Å². The number of nitrogens with one attached hydrogen (secondary N) is 1. The number of amides is 2. The van der Waals surface area contributed by atoms with Gasteiger partial charge in [-0.2, -0.15) is 5.10 Å². The van der Waals surface area contributed by atoms with Gasteiger partial charge in [0.15, 0.2) is 0 Å². The Hall–Kier alpha value is -3.35. The first-order valence-corrected chi connectivity index (χ1v) is 9.39. The van der Waals surface area contributed by atoms with Crippen molar-refractivity contribution in [3.63, 3.8) is 0 Å². The van der Waals surface area contributed by atoms with Crippen LogP contribution in [0.15, 0.2) is 54.7 Å². The highest BCUT2D eigenvalue weighted by Gasteiger charge is 2.27. The monoisotopic (exact) mass is 378 g/mol. The molecule has 0 aliphatic carbocycles. The molecule has 4 rings (SSSR count). The van der Waals surface area contributed by atoms with Crippen LogP contribution >= 0.6 is 0 Å². The summed E-state index contributed by atoms with van der Waals surface area (Å²) in [6, 6.07) is 15.9. The summed E-state index contributed by atoms with van der Waals surface area (Å²) < 4.78 is 1.77. The molecule has 0 unspecified atom stereocenters. The second kappa shape index (κ2) is 7.72. The lowest BCUT2D eigenvalue weighted by Gasteiger charge is -2.30. The van der Waals surface area contributed by atoms with Gasteiger partial charge in [0.25, 0.3) is 0 Å². The van der Waals surface area contributed by atoms with E-state index in [0.29, 0.717) is 38.3 Å². The smallest absolute Gasteiger partial charge is 0.322 e. The average molecular weight is 378 g/mol. The van der Waals surface area contributed by atoms with Crippen LogP contribution in [-0.2, 0) is 11.3 Å². The summed E-state index contributed by atoms with van der Waals surface area (Å²) in [6.45, 7) is 1.44. The van der Waals surface area contributed by atoms with Crippen molar-refractivity contribution in [3.8, 4) is 0 Å². The van der Waals surface area contributed by atoms with Gasteiger partial charge in [-0.3, -0.25) is 10.1 Å². The maximum absolute atomic E-state index is 12.6. The molecule has 1 fully saturated rings. The second-order valence-electron chi connectivity index (χ2n) is 7.04. The summed E-state index contributed by atoms with van der Waals surface area (Å²) in [7, 11) is 0. The third-order valence-electron chi connectivity index (χ3n) is 5.28. The Kier molecular flexibility index (Phi) is 4.97. The lowest BCUT2D eigenvalue weighted by Crippen LogP contribution is -2.42. The molecule has 28 heavy (non-hydrogen) atoms. The number of carboxylic acids is 1. The minimum Gasteiger partial charge on any atom is -0.481 e. The number of urea groups is 1. The number of hydrogen-bond acceptors (Lipinski definition) is 3. The van der Waals surface area contributed by atoms with Crippen molar-refractivity contribution >= 4 is 28.6 Å². The minimum atomic E-state index is -0.784. The highest BCUT2D eigenvalue weighted by atomic mass is 16.4. The van der Waals surface area contributed by atoms with Crippen LogP contribution in [0, 0.1) is 5.92 Å². The number of fused-ring (bicyclic) bond motifs is 1. The zero-order valence-electron chi connectivity index (χ0n) is 15.4. The van der Waals surface area contributed by atoms with Crippen molar-refractivity contribution in [1.29, 1.82) is 0 Å². The number of rotatable bonds is 4. The van der Waals surface area contributed by atoms with E-state index in [2.05, 4.69) is 34.7 Å². The molecule has 1 aliphatic rings. The van der Waals surface area contributed by atoms with Gasteiger partial charge in [0, 0.05) is 19.2 Å². The molecular formula is C21H22N4O3. The number of hydrogen-bond donors (Lipinski definition) is 2. The fourth-order valence-electron chi connectivity index (χ4n) is 3.67. The number of anilines is 1. The van der Waals surface area contributed by atoms with Crippen LogP contribution in [0.2, 0.25) is 0 Å². The Morgan fingerprint density at radius 2 is 1.82 bits per heavy atom. The first-order chi connectivity index (χ1) is 13.6. The molecule has 7 heteroatoms. The minimum absolute atomic E-state index is 0.219. The summed E-state index contributed by atoms with van der Waals surface area (Å²) in [6.07, 6.45) is 2.63. The second-order valence-corrected chi connectivity index (χ2v) is 7.04. The van der Waals surface area contributed by atoms with Crippen molar-refractivity contribution < 1.29 is 14.7 Å². The molecule has 1 saturated heterocycles. The predicted octanol–water partition coefficient (Wildman–Crippen LogP) is 3.41. The fraction of sp³-hybridized carbons (Fsp3) is 0.286. The van der Waals surface area contributed by atoms with Crippen molar-refractivity contribution in [2.75, 3.05) is 18.4 Å². The van der Waals surface area contributed by atoms with Crippen molar-refractivity contribution in [1.82, 2.24) is 14.7 Å². The number of nitrogens with zero attached hydrogens (tertiary/aromatic N) is 3. The Labute approximate surface area is 162 Å². The Balaban J connectivity index is 1.46. The molecule has 0 radical (unpaired) electrons. The normalized spacial score (nSPS) is 14.9. The summed E-state index contributed by atoms with van der Waals surface area (Å²) >= 11 is 0. The van der Waals surface area contributed by atoms with E-state index in [1.807, 2.05) is 18.2 Å². The summed E-state index contributed by atoms with van der Waals surface area (Å²) in [5, 5.41) is 18.7. The predicted molar refractivity (Wildman–Crippen MR) is 106 cm³/mol. The molecular weight excluding hydrogens is 356 g/mol. The van der Waals surface area contributed by atoms with E-state index < -0.39 is 5.97 Å². The molecule has 0 saturated carbocycles. The zero-order valence-corrected chi connectivity index (χ0v) is 15.4. The van der Waals surface area contributed by atoms with Gasteiger partial charge in [0.1, 0.15) is 5.82 Å². The van der Waals surface area contributed by atoms with Gasteiger partial charge in [0.2, 0.25) is 0 Å². The fourth-order valence-corrected chi connectivity index (χ4v) is 3.67. The Morgan fingerprint density at radius 1 is 1.07 bits per heavy atom. The molecule has 2 aromatic carbocycles. The Bertz CT molecular complexity index is 1000. The molecule has 7 nitrogen and oxygen atoms in total. The molecule has 0 bridgehead atoms. The molecule has 0 spiro atoms. The van der Waals surface area contributed by atoms with Crippen molar-refractivity contribution in [2.24, 2.45) is 5.92 Å². The molecule has 2 amide bonds. The van der Waals surface area contributed by atoms with Crippen molar-refractivity contribution in [3.05, 3.63) is 60.3 Å². The average Bonchev–Trinajstić information content (AvgIpc) is 3.15. The topological polar surface area (TPSA) is 87.5 Å². The van der Waals surface area contributed by atoms with Gasteiger partial charge in [0.05, 0.1) is 18.7 Å². The number of carbonyl (C=O) groups excluding carboxylic acids is 1.